The van der Waals surface area contributed by atoms with Crippen molar-refractivity contribution in [2.45, 2.75) is 23.1 Å². The van der Waals surface area contributed by atoms with E-state index in [0.717, 1.165) is 5.57 Å². The van der Waals surface area contributed by atoms with Crippen LogP contribution in [0.5, 0.6) is 0 Å². The highest BCUT2D eigenvalue weighted by molar-refractivity contribution is 7.89. The van der Waals surface area contributed by atoms with E-state index in [1.54, 1.807) is 54.6 Å². The Bertz CT molecular complexity index is 1350. The molecule has 168 valence electrons. The van der Waals surface area contributed by atoms with Gasteiger partial charge in [-0.25, -0.2) is 13.2 Å². The lowest BCUT2D eigenvalue weighted by Crippen LogP contribution is -2.28. The van der Waals surface area contributed by atoms with E-state index in [0.29, 0.717) is 41.8 Å². The van der Waals surface area contributed by atoms with Gasteiger partial charge < -0.3 is 4.74 Å². The van der Waals surface area contributed by atoms with Crippen molar-refractivity contribution in [3.05, 3.63) is 88.1 Å². The van der Waals surface area contributed by atoms with E-state index in [2.05, 4.69) is 0 Å². The molecule has 1 unspecified atom stereocenters. The van der Waals surface area contributed by atoms with Gasteiger partial charge in [0.1, 0.15) is 0 Å². The summed E-state index contributed by atoms with van der Waals surface area (Å²) < 4.78 is 33.0. The fourth-order valence-corrected chi connectivity index (χ4v) is 5.80. The number of carbonyl (C=O) groups is 1. The van der Waals surface area contributed by atoms with Crippen LogP contribution >= 0.6 is 11.6 Å². The summed E-state index contributed by atoms with van der Waals surface area (Å²) in [5.41, 5.74) is 3.60. The number of rotatable bonds is 5. The first-order chi connectivity index (χ1) is 15.8. The van der Waals surface area contributed by atoms with E-state index in [1.807, 2.05) is 12.1 Å². The molecule has 2 aliphatic rings. The highest BCUT2D eigenvalue weighted by atomic mass is 35.5. The maximum atomic E-state index is 13.4. The number of methoxy groups -OCH3 is 1. The maximum Gasteiger partial charge on any atom is 0.338 e. The average Bonchev–Trinajstić information content (AvgIpc) is 3.26. The van der Waals surface area contributed by atoms with E-state index in [4.69, 9.17) is 21.6 Å². The van der Waals surface area contributed by atoms with E-state index in [9.17, 15) is 13.2 Å². The molecule has 1 heterocycles. The van der Waals surface area contributed by atoms with Crippen molar-refractivity contribution >= 4 is 39.7 Å². The molecule has 1 atom stereocenters. The van der Waals surface area contributed by atoms with Gasteiger partial charge in [0.2, 0.25) is 0 Å². The topological polar surface area (TPSA) is 87.5 Å². The van der Waals surface area contributed by atoms with Gasteiger partial charge in [0.15, 0.2) is 0 Å². The number of nitrogens with zero attached hydrogens (tertiary/aromatic N) is 2. The lowest BCUT2D eigenvalue weighted by atomic mass is 10.0. The number of ether oxygens (including phenoxy) is 1. The third-order valence-electron chi connectivity index (χ3n) is 5.64. The Morgan fingerprint density at radius 3 is 2.82 bits per heavy atom. The first-order valence-corrected chi connectivity index (χ1v) is 12.2. The quantitative estimate of drug-likeness (QED) is 0.350. The lowest BCUT2D eigenvalue weighted by molar-refractivity contribution is 0.0600. The summed E-state index contributed by atoms with van der Waals surface area (Å²) in [4.78, 5) is 12.3. The number of hydrogen-bond donors (Lipinski definition) is 0. The Labute approximate surface area is 198 Å². The molecule has 0 spiro atoms. The molecule has 0 N–H and O–H groups in total. The molecule has 6 nitrogen and oxygen atoms in total. The second-order valence-electron chi connectivity index (χ2n) is 7.71. The Morgan fingerprint density at radius 2 is 2.06 bits per heavy atom. The molecule has 1 aliphatic heterocycles. The minimum Gasteiger partial charge on any atom is -0.465 e. The molecule has 2 aromatic rings. The van der Waals surface area contributed by atoms with Crippen molar-refractivity contribution in [1.29, 1.82) is 5.26 Å². The summed E-state index contributed by atoms with van der Waals surface area (Å²) in [6.45, 7) is 0.398. The third-order valence-corrected chi connectivity index (χ3v) is 7.75. The molecule has 2 aromatic carbocycles. The van der Waals surface area contributed by atoms with Crippen LogP contribution in [0, 0.1) is 11.3 Å². The SMILES string of the molecule is COC(=O)c1cc(C#N)ccc1/C=C/c1cccc(S(=O)(=O)N2CCC3=C2C=CC(Cl)C3)c1. The maximum absolute atomic E-state index is 13.4. The third kappa shape index (κ3) is 4.58. The van der Waals surface area contributed by atoms with Crippen LogP contribution in [0.2, 0.25) is 0 Å². The van der Waals surface area contributed by atoms with Gasteiger partial charge in [-0.3, -0.25) is 4.31 Å². The van der Waals surface area contributed by atoms with Gasteiger partial charge in [0.05, 0.1) is 40.3 Å². The van der Waals surface area contributed by atoms with Crippen LogP contribution in [-0.2, 0) is 14.8 Å². The van der Waals surface area contributed by atoms with Crippen LogP contribution in [0.3, 0.4) is 0 Å². The van der Waals surface area contributed by atoms with E-state index >= 15 is 0 Å². The summed E-state index contributed by atoms with van der Waals surface area (Å²) in [6, 6.07) is 13.4. The van der Waals surface area contributed by atoms with Gasteiger partial charge in [0, 0.05) is 6.54 Å². The molecule has 0 amide bonds. The molecule has 0 saturated heterocycles. The van der Waals surface area contributed by atoms with Gasteiger partial charge in [0.25, 0.3) is 10.0 Å². The molecule has 0 bridgehead atoms. The number of benzene rings is 2. The predicted octanol–water partition coefficient (Wildman–Crippen LogP) is 4.73. The molecule has 1 aliphatic carbocycles. The number of esters is 1. The number of carbonyl (C=O) groups excluding carboxylic acids is 1. The number of hydrogen-bond acceptors (Lipinski definition) is 5. The number of sulfonamides is 1. The van der Waals surface area contributed by atoms with Crippen molar-refractivity contribution in [3.63, 3.8) is 0 Å². The summed E-state index contributed by atoms with van der Waals surface area (Å²) in [6.07, 6.45) is 8.38. The summed E-state index contributed by atoms with van der Waals surface area (Å²) in [5.74, 6) is -0.555. The lowest BCUT2D eigenvalue weighted by Gasteiger charge is -2.22. The standard InChI is InChI=1S/C25H21ClN2O4S/c1-32-25(29)23-14-18(16-27)6-8-19(23)7-5-17-3-2-4-22(13-17)33(30,31)28-12-11-20-15-21(26)9-10-24(20)28/h2-10,13-14,21H,11-12,15H2,1H3/b7-5+. The first kappa shape index (κ1) is 22.8. The second kappa shape index (κ2) is 9.26. The Balaban J connectivity index is 1.63. The van der Waals surface area contributed by atoms with Crippen molar-refractivity contribution in [2.75, 3.05) is 13.7 Å². The predicted molar refractivity (Wildman–Crippen MR) is 127 cm³/mol. The Kier molecular flexibility index (Phi) is 6.41. The van der Waals surface area contributed by atoms with Gasteiger partial charge >= 0.3 is 5.97 Å². The van der Waals surface area contributed by atoms with Crippen LogP contribution in [0.1, 0.15) is 39.9 Å². The summed E-state index contributed by atoms with van der Waals surface area (Å²) >= 11 is 6.18. The smallest absolute Gasteiger partial charge is 0.338 e. The van der Waals surface area contributed by atoms with Crippen molar-refractivity contribution in [1.82, 2.24) is 4.31 Å². The van der Waals surface area contributed by atoms with Crippen LogP contribution in [0.15, 0.2) is 70.8 Å². The highest BCUT2D eigenvalue weighted by Crippen LogP contribution is 2.36. The van der Waals surface area contributed by atoms with Crippen LogP contribution < -0.4 is 0 Å². The molecular weight excluding hydrogens is 460 g/mol. The largest absolute Gasteiger partial charge is 0.465 e. The summed E-state index contributed by atoms with van der Waals surface area (Å²) in [5, 5.41) is 9.00. The number of halogens is 1. The van der Waals surface area contributed by atoms with Crippen molar-refractivity contribution in [3.8, 4) is 6.07 Å². The Hall–Kier alpha value is -3.34. The second-order valence-corrected chi connectivity index (χ2v) is 10.1. The zero-order valence-electron chi connectivity index (χ0n) is 17.9. The molecular formula is C25H21ClN2O4S. The number of allylic oxidation sites excluding steroid dienone is 2. The normalized spacial score (nSPS) is 17.8. The molecule has 0 radical (unpaired) electrons. The number of nitriles is 1. The molecule has 8 heteroatoms. The zero-order valence-corrected chi connectivity index (χ0v) is 19.4. The molecule has 0 aromatic heterocycles. The summed E-state index contributed by atoms with van der Waals surface area (Å²) in [7, 11) is -2.45. The van der Waals surface area contributed by atoms with E-state index < -0.39 is 16.0 Å². The minimum absolute atomic E-state index is 0.100. The highest BCUT2D eigenvalue weighted by Gasteiger charge is 2.33. The van der Waals surface area contributed by atoms with Gasteiger partial charge in [-0.05, 0) is 59.9 Å². The van der Waals surface area contributed by atoms with Crippen LogP contribution in [0.4, 0.5) is 0 Å². The number of alkyl halides is 1. The fraction of sp³-hybridized carbons (Fsp3) is 0.200. The zero-order chi connectivity index (χ0) is 23.6. The molecule has 4 rings (SSSR count). The van der Waals surface area contributed by atoms with Gasteiger partial charge in [-0.15, -0.1) is 11.6 Å². The fourth-order valence-electron chi connectivity index (χ4n) is 3.97. The first-order valence-electron chi connectivity index (χ1n) is 10.3. The van der Waals surface area contributed by atoms with Gasteiger partial charge in [-0.1, -0.05) is 36.4 Å². The van der Waals surface area contributed by atoms with Crippen molar-refractivity contribution < 1.29 is 17.9 Å². The minimum atomic E-state index is -3.73. The monoisotopic (exact) mass is 480 g/mol. The van der Waals surface area contributed by atoms with Crippen LogP contribution in [-0.4, -0.2) is 37.7 Å². The molecule has 0 fully saturated rings. The van der Waals surface area contributed by atoms with Crippen LogP contribution in [0.25, 0.3) is 12.2 Å². The van der Waals surface area contributed by atoms with Crippen molar-refractivity contribution in [2.24, 2.45) is 0 Å². The molecule has 0 saturated carbocycles. The van der Waals surface area contributed by atoms with E-state index in [-0.39, 0.29) is 15.8 Å². The molecule has 33 heavy (non-hydrogen) atoms. The Morgan fingerprint density at radius 1 is 1.24 bits per heavy atom. The van der Waals surface area contributed by atoms with E-state index in [1.165, 1.54) is 17.5 Å². The average molecular weight is 481 g/mol. The van der Waals surface area contributed by atoms with Gasteiger partial charge in [-0.2, -0.15) is 5.26 Å².